The van der Waals surface area contributed by atoms with Crippen molar-refractivity contribution in [1.82, 2.24) is 25.4 Å². The van der Waals surface area contributed by atoms with Crippen molar-refractivity contribution >= 4 is 28.3 Å². The molecule has 0 fully saturated rings. The number of anilines is 2. The Hall–Kier alpha value is -2.81. The van der Waals surface area contributed by atoms with Crippen LogP contribution in [0.2, 0.25) is 0 Å². The highest BCUT2D eigenvalue weighted by molar-refractivity contribution is 7.15. The first-order chi connectivity index (χ1) is 11.7. The summed E-state index contributed by atoms with van der Waals surface area (Å²) < 4.78 is 0. The minimum atomic E-state index is -0.405. The lowest BCUT2D eigenvalue weighted by Gasteiger charge is -2.00. The fourth-order valence-electron chi connectivity index (χ4n) is 2.03. The first-order valence-electron chi connectivity index (χ1n) is 7.61. The topological polar surface area (TPSA) is 108 Å². The van der Waals surface area contributed by atoms with E-state index in [4.69, 9.17) is 0 Å². The predicted molar refractivity (Wildman–Crippen MR) is 93.0 cm³/mol. The molecule has 3 rings (SSSR count). The third-order valence-corrected chi connectivity index (χ3v) is 4.12. The Labute approximate surface area is 142 Å². The molecular weight excluding hydrogens is 326 g/mol. The lowest BCUT2D eigenvalue weighted by molar-refractivity contribution is 0.262. The summed E-state index contributed by atoms with van der Waals surface area (Å²) in [4.78, 5) is 16.1. The second kappa shape index (κ2) is 7.64. The molecule has 3 N–H and O–H groups in total. The molecule has 3 aromatic rings. The minimum Gasteiger partial charge on any atom is -0.291 e. The number of carbonyl (C=O) groups excluding carboxylic acids is 1. The molecule has 9 heteroatoms. The lowest BCUT2D eigenvalue weighted by atomic mass is 10.2. The van der Waals surface area contributed by atoms with Gasteiger partial charge in [-0.3, -0.25) is 20.7 Å². The van der Waals surface area contributed by atoms with Crippen LogP contribution in [0.4, 0.5) is 15.7 Å². The van der Waals surface area contributed by atoms with E-state index >= 15 is 0 Å². The third-order valence-electron chi connectivity index (χ3n) is 3.22. The molecule has 0 bridgehead atoms. The Balaban J connectivity index is 1.57. The molecule has 0 atom stereocenters. The van der Waals surface area contributed by atoms with Gasteiger partial charge in [0, 0.05) is 30.4 Å². The van der Waals surface area contributed by atoms with Gasteiger partial charge in [-0.25, -0.2) is 4.79 Å². The third kappa shape index (κ3) is 4.13. The van der Waals surface area contributed by atoms with E-state index in [2.05, 4.69) is 42.9 Å². The van der Waals surface area contributed by atoms with Gasteiger partial charge in [0.15, 0.2) is 5.82 Å². The van der Waals surface area contributed by atoms with Crippen LogP contribution < -0.4 is 10.6 Å². The quantitative estimate of drug-likeness (QED) is 0.636. The Morgan fingerprint density at radius 1 is 1.33 bits per heavy atom. The van der Waals surface area contributed by atoms with Gasteiger partial charge in [0.05, 0.1) is 5.69 Å². The van der Waals surface area contributed by atoms with Crippen molar-refractivity contribution in [2.45, 2.75) is 26.2 Å². The summed E-state index contributed by atoms with van der Waals surface area (Å²) in [5, 5.41) is 21.7. The smallest absolute Gasteiger partial charge is 0.291 e. The molecule has 124 valence electrons. The summed E-state index contributed by atoms with van der Waals surface area (Å²) in [6.07, 6.45) is 6.46. The summed E-state index contributed by atoms with van der Waals surface area (Å²) >= 11 is 1.38. The monoisotopic (exact) mass is 343 g/mol. The number of nitrogens with one attached hydrogen (secondary N) is 3. The molecule has 8 nitrogen and oxygen atoms in total. The van der Waals surface area contributed by atoms with Gasteiger partial charge in [-0.2, -0.15) is 5.10 Å². The molecule has 0 radical (unpaired) electrons. The highest BCUT2D eigenvalue weighted by Crippen LogP contribution is 2.19. The number of nitrogens with zero attached hydrogens (tertiary/aromatic N) is 4. The van der Waals surface area contributed by atoms with Crippen molar-refractivity contribution < 1.29 is 4.79 Å². The molecule has 0 aliphatic rings. The fourth-order valence-corrected chi connectivity index (χ4v) is 2.81. The van der Waals surface area contributed by atoms with Crippen molar-refractivity contribution in [3.05, 3.63) is 35.6 Å². The van der Waals surface area contributed by atoms with Crippen LogP contribution >= 0.6 is 11.3 Å². The van der Waals surface area contributed by atoms with Gasteiger partial charge in [0.25, 0.3) is 0 Å². The number of carbonyl (C=O) groups is 1. The van der Waals surface area contributed by atoms with E-state index in [1.807, 2.05) is 12.1 Å². The maximum atomic E-state index is 12.0. The Morgan fingerprint density at radius 2 is 2.25 bits per heavy atom. The van der Waals surface area contributed by atoms with Crippen LogP contribution in [-0.4, -0.2) is 31.4 Å². The molecule has 0 saturated heterocycles. The second-order valence-corrected chi connectivity index (χ2v) is 6.15. The highest BCUT2D eigenvalue weighted by Gasteiger charge is 2.10. The number of H-pyrrole nitrogens is 1. The first kappa shape index (κ1) is 16.1. The number of amides is 2. The molecule has 0 saturated carbocycles. The van der Waals surface area contributed by atoms with E-state index in [-0.39, 0.29) is 0 Å². The molecule has 0 aromatic carbocycles. The summed E-state index contributed by atoms with van der Waals surface area (Å²) in [5.41, 5.74) is 1.67. The van der Waals surface area contributed by atoms with Crippen LogP contribution in [0.25, 0.3) is 11.3 Å². The van der Waals surface area contributed by atoms with Crippen LogP contribution in [0.3, 0.4) is 0 Å². The Kier molecular flexibility index (Phi) is 5.12. The Morgan fingerprint density at radius 3 is 3.04 bits per heavy atom. The molecular formula is C15H17N7OS. The van der Waals surface area contributed by atoms with Gasteiger partial charge in [-0.15, -0.1) is 10.2 Å². The van der Waals surface area contributed by atoms with E-state index in [9.17, 15) is 4.79 Å². The summed E-state index contributed by atoms with van der Waals surface area (Å²) in [6.45, 7) is 2.12. The normalized spacial score (nSPS) is 10.5. The standard InChI is InChI=1S/C15H17N7OS/c1-2-3-6-13-21-22-15(24-13)18-14(23)17-12-8-11(19-20-12)10-5-4-7-16-9-10/h4-5,7-9H,2-3,6H2,1H3,(H3,17,18,19,20,22,23). The number of aromatic amines is 1. The minimum absolute atomic E-state index is 0.405. The number of aromatic nitrogens is 5. The zero-order chi connectivity index (χ0) is 16.8. The first-order valence-corrected chi connectivity index (χ1v) is 8.42. The molecule has 24 heavy (non-hydrogen) atoms. The van der Waals surface area contributed by atoms with E-state index in [0.717, 1.165) is 35.5 Å². The van der Waals surface area contributed by atoms with Crippen molar-refractivity contribution in [2.24, 2.45) is 0 Å². The van der Waals surface area contributed by atoms with Crippen LogP contribution in [0.1, 0.15) is 24.8 Å². The van der Waals surface area contributed by atoms with Crippen LogP contribution in [0.15, 0.2) is 30.6 Å². The van der Waals surface area contributed by atoms with E-state index in [1.54, 1.807) is 18.5 Å². The number of hydrogen-bond acceptors (Lipinski definition) is 6. The van der Waals surface area contributed by atoms with Crippen LogP contribution in [-0.2, 0) is 6.42 Å². The number of rotatable bonds is 6. The van der Waals surface area contributed by atoms with Gasteiger partial charge in [0.2, 0.25) is 5.13 Å². The van der Waals surface area contributed by atoms with E-state index in [1.165, 1.54) is 11.3 Å². The zero-order valence-corrected chi connectivity index (χ0v) is 13.9. The molecule has 0 aliphatic heterocycles. The number of urea groups is 1. The Bertz CT molecular complexity index is 799. The summed E-state index contributed by atoms with van der Waals surface area (Å²) in [6, 6.07) is 5.08. The zero-order valence-electron chi connectivity index (χ0n) is 13.1. The number of unbranched alkanes of at least 4 members (excludes halogenated alkanes) is 1. The maximum Gasteiger partial charge on any atom is 0.326 e. The molecule has 0 spiro atoms. The molecule has 3 aromatic heterocycles. The van der Waals surface area contributed by atoms with Gasteiger partial charge in [0.1, 0.15) is 5.01 Å². The van der Waals surface area contributed by atoms with Crippen molar-refractivity contribution in [3.8, 4) is 11.3 Å². The van der Waals surface area contributed by atoms with Crippen LogP contribution in [0, 0.1) is 0 Å². The average Bonchev–Trinajstić information content (AvgIpc) is 3.23. The number of hydrogen-bond donors (Lipinski definition) is 3. The molecule has 0 unspecified atom stereocenters. The highest BCUT2D eigenvalue weighted by atomic mass is 32.1. The van der Waals surface area contributed by atoms with Gasteiger partial charge < -0.3 is 0 Å². The van der Waals surface area contributed by atoms with Gasteiger partial charge >= 0.3 is 6.03 Å². The second-order valence-electron chi connectivity index (χ2n) is 5.09. The van der Waals surface area contributed by atoms with Crippen molar-refractivity contribution in [2.75, 3.05) is 10.6 Å². The van der Waals surface area contributed by atoms with Gasteiger partial charge in [-0.1, -0.05) is 24.7 Å². The number of pyridine rings is 1. The molecule has 2 amide bonds. The summed E-state index contributed by atoms with van der Waals surface area (Å²) in [7, 11) is 0. The maximum absolute atomic E-state index is 12.0. The summed E-state index contributed by atoms with van der Waals surface area (Å²) in [5.74, 6) is 0.419. The fraction of sp³-hybridized carbons (Fsp3) is 0.267. The predicted octanol–water partition coefficient (Wildman–Crippen LogP) is 3.31. The molecule has 3 heterocycles. The van der Waals surface area contributed by atoms with Crippen LogP contribution in [0.5, 0.6) is 0 Å². The van der Waals surface area contributed by atoms with E-state index < -0.39 is 6.03 Å². The van der Waals surface area contributed by atoms with E-state index in [0.29, 0.717) is 10.9 Å². The largest absolute Gasteiger partial charge is 0.326 e. The van der Waals surface area contributed by atoms with Crippen molar-refractivity contribution in [1.29, 1.82) is 0 Å². The molecule has 0 aliphatic carbocycles. The lowest BCUT2D eigenvalue weighted by Crippen LogP contribution is -2.19. The van der Waals surface area contributed by atoms with Crippen molar-refractivity contribution in [3.63, 3.8) is 0 Å². The SMILES string of the molecule is CCCCc1nnc(NC(=O)Nc2cc(-c3cccnc3)[nH]n2)s1. The van der Waals surface area contributed by atoms with Gasteiger partial charge in [-0.05, 0) is 18.6 Å². The average molecular weight is 343 g/mol. The number of aryl methyl sites for hydroxylation is 1.